The third-order valence-electron chi connectivity index (χ3n) is 3.47. The fourth-order valence-electron chi connectivity index (χ4n) is 2.26. The number of pyridine rings is 1. The van der Waals surface area contributed by atoms with Crippen molar-refractivity contribution in [3.63, 3.8) is 0 Å². The zero-order chi connectivity index (χ0) is 17.6. The summed E-state index contributed by atoms with van der Waals surface area (Å²) in [4.78, 5) is 16.3. The van der Waals surface area contributed by atoms with Gasteiger partial charge in [0.15, 0.2) is 0 Å². The van der Waals surface area contributed by atoms with Crippen molar-refractivity contribution in [1.29, 1.82) is 0 Å². The van der Waals surface area contributed by atoms with E-state index in [1.54, 1.807) is 24.5 Å². The average Bonchev–Trinajstić information content (AvgIpc) is 2.65. The zero-order valence-corrected chi connectivity index (χ0v) is 13.8. The van der Waals surface area contributed by atoms with Gasteiger partial charge in [-0.1, -0.05) is 41.9 Å². The van der Waals surface area contributed by atoms with E-state index in [4.69, 9.17) is 11.6 Å². The van der Waals surface area contributed by atoms with E-state index in [0.717, 1.165) is 11.1 Å². The van der Waals surface area contributed by atoms with Gasteiger partial charge in [-0.3, -0.25) is 9.78 Å². The van der Waals surface area contributed by atoms with E-state index in [0.29, 0.717) is 10.7 Å². The van der Waals surface area contributed by atoms with Crippen molar-refractivity contribution >= 4 is 23.2 Å². The van der Waals surface area contributed by atoms with E-state index in [2.05, 4.69) is 15.5 Å². The molecule has 3 aromatic rings. The summed E-state index contributed by atoms with van der Waals surface area (Å²) in [5.41, 5.74) is 4.75. The summed E-state index contributed by atoms with van der Waals surface area (Å²) < 4.78 is 0. The molecule has 6 heteroatoms. The van der Waals surface area contributed by atoms with Gasteiger partial charge in [0.25, 0.3) is 5.91 Å². The summed E-state index contributed by atoms with van der Waals surface area (Å²) in [6.07, 6.45) is 3.30. The Morgan fingerprint density at radius 3 is 2.40 bits per heavy atom. The second kappa shape index (κ2) is 7.59. The van der Waals surface area contributed by atoms with E-state index in [9.17, 15) is 9.90 Å². The van der Waals surface area contributed by atoms with Crippen LogP contribution in [0, 0.1) is 0 Å². The lowest BCUT2D eigenvalue weighted by molar-refractivity contribution is 0.0952. The minimum Gasteiger partial charge on any atom is -0.507 e. The number of carbonyl (C=O) groups excluding carboxylic acids is 1. The first-order valence-electron chi connectivity index (χ1n) is 7.47. The molecule has 0 unspecified atom stereocenters. The number of phenolic OH excluding ortho intramolecular Hbond substituents is 1. The van der Waals surface area contributed by atoms with Gasteiger partial charge in [-0.05, 0) is 30.3 Å². The maximum absolute atomic E-state index is 12.3. The standard InChI is InChI=1S/C19H14ClN3O2/c20-15-6-7-17(24)16(12-15)19(25)23-22-18(13-4-2-1-3-5-13)14-8-10-21-11-9-14/h1-12,24H,(H,23,25). The Morgan fingerprint density at radius 1 is 1.00 bits per heavy atom. The predicted molar refractivity (Wildman–Crippen MR) is 96.9 cm³/mol. The van der Waals surface area contributed by atoms with Gasteiger partial charge < -0.3 is 5.11 Å². The first-order chi connectivity index (χ1) is 12.1. The normalized spacial score (nSPS) is 11.2. The second-order valence-corrected chi connectivity index (χ2v) is 5.60. The number of aromatic nitrogens is 1. The molecule has 0 aliphatic heterocycles. The van der Waals surface area contributed by atoms with Crippen molar-refractivity contribution in [3.05, 3.63) is 94.8 Å². The third kappa shape index (κ3) is 4.02. The molecule has 0 fully saturated rings. The fraction of sp³-hybridized carbons (Fsp3) is 0. The fourth-order valence-corrected chi connectivity index (χ4v) is 2.43. The van der Waals surface area contributed by atoms with Crippen LogP contribution in [0.1, 0.15) is 21.5 Å². The molecule has 124 valence electrons. The Hall–Kier alpha value is -3.18. The van der Waals surface area contributed by atoms with Crippen LogP contribution in [-0.4, -0.2) is 21.7 Å². The smallest absolute Gasteiger partial charge is 0.275 e. The summed E-state index contributed by atoms with van der Waals surface area (Å²) in [5, 5.41) is 14.4. The van der Waals surface area contributed by atoms with Crippen molar-refractivity contribution in [3.8, 4) is 5.75 Å². The molecular weight excluding hydrogens is 338 g/mol. The minimum absolute atomic E-state index is 0.0541. The SMILES string of the molecule is O=C(NN=C(c1ccccc1)c1ccncc1)c1cc(Cl)ccc1O. The number of carbonyl (C=O) groups is 1. The molecule has 2 N–H and O–H groups in total. The Morgan fingerprint density at radius 2 is 1.68 bits per heavy atom. The second-order valence-electron chi connectivity index (χ2n) is 5.16. The highest BCUT2D eigenvalue weighted by atomic mass is 35.5. The number of amides is 1. The lowest BCUT2D eigenvalue weighted by atomic mass is 10.0. The molecule has 0 radical (unpaired) electrons. The number of aromatic hydroxyl groups is 1. The number of hydrazone groups is 1. The Bertz CT molecular complexity index is 871. The Kier molecular flexibility index (Phi) is 5.06. The van der Waals surface area contributed by atoms with Crippen molar-refractivity contribution in [2.75, 3.05) is 0 Å². The number of phenols is 1. The highest BCUT2D eigenvalue weighted by molar-refractivity contribution is 6.31. The molecule has 0 aliphatic rings. The lowest BCUT2D eigenvalue weighted by Gasteiger charge is -2.08. The number of hydrogen-bond donors (Lipinski definition) is 2. The molecule has 1 aromatic heterocycles. The molecule has 0 bridgehead atoms. The highest BCUT2D eigenvalue weighted by Crippen LogP contribution is 2.21. The lowest BCUT2D eigenvalue weighted by Crippen LogP contribution is -2.20. The summed E-state index contributed by atoms with van der Waals surface area (Å²) in [5.74, 6) is -0.718. The maximum atomic E-state index is 12.3. The van der Waals surface area contributed by atoms with Crippen LogP contribution in [0.2, 0.25) is 5.02 Å². The topological polar surface area (TPSA) is 74.6 Å². The predicted octanol–water partition coefficient (Wildman–Crippen LogP) is 3.62. The molecule has 0 atom stereocenters. The van der Waals surface area contributed by atoms with E-state index >= 15 is 0 Å². The summed E-state index contributed by atoms with van der Waals surface area (Å²) >= 11 is 5.88. The van der Waals surface area contributed by atoms with Crippen molar-refractivity contribution in [2.45, 2.75) is 0 Å². The van der Waals surface area contributed by atoms with Crippen LogP contribution in [0.25, 0.3) is 0 Å². The number of halogens is 1. The molecule has 25 heavy (non-hydrogen) atoms. The van der Waals surface area contributed by atoms with Crippen LogP contribution in [0.15, 0.2) is 78.2 Å². The van der Waals surface area contributed by atoms with Gasteiger partial charge in [-0.2, -0.15) is 5.10 Å². The summed E-state index contributed by atoms with van der Waals surface area (Å²) in [6.45, 7) is 0. The molecule has 0 aliphatic carbocycles. The number of hydrogen-bond acceptors (Lipinski definition) is 4. The van der Waals surface area contributed by atoms with Crippen LogP contribution < -0.4 is 5.43 Å². The third-order valence-corrected chi connectivity index (χ3v) is 3.71. The monoisotopic (exact) mass is 351 g/mol. The van der Waals surface area contributed by atoms with E-state index in [-0.39, 0.29) is 11.3 Å². The van der Waals surface area contributed by atoms with E-state index < -0.39 is 5.91 Å². The quantitative estimate of drug-likeness (QED) is 0.557. The molecule has 0 saturated carbocycles. The molecule has 3 rings (SSSR count). The van der Waals surface area contributed by atoms with Gasteiger partial charge in [0, 0.05) is 28.5 Å². The van der Waals surface area contributed by atoms with E-state index in [1.807, 2.05) is 30.3 Å². The largest absolute Gasteiger partial charge is 0.507 e. The van der Waals surface area contributed by atoms with Gasteiger partial charge in [-0.15, -0.1) is 0 Å². The zero-order valence-electron chi connectivity index (χ0n) is 13.1. The van der Waals surface area contributed by atoms with Crippen LogP contribution in [0.3, 0.4) is 0 Å². The van der Waals surface area contributed by atoms with Crippen LogP contribution >= 0.6 is 11.6 Å². The Balaban J connectivity index is 1.94. The highest BCUT2D eigenvalue weighted by Gasteiger charge is 2.13. The van der Waals surface area contributed by atoms with Crippen LogP contribution in [-0.2, 0) is 0 Å². The van der Waals surface area contributed by atoms with Crippen molar-refractivity contribution in [1.82, 2.24) is 10.4 Å². The molecule has 0 spiro atoms. The molecule has 2 aromatic carbocycles. The van der Waals surface area contributed by atoms with Gasteiger partial charge in [0.1, 0.15) is 5.75 Å². The molecule has 1 heterocycles. The van der Waals surface area contributed by atoms with Gasteiger partial charge in [0.2, 0.25) is 0 Å². The van der Waals surface area contributed by atoms with Crippen molar-refractivity contribution in [2.24, 2.45) is 5.10 Å². The summed E-state index contributed by atoms with van der Waals surface area (Å²) in [6, 6.07) is 17.3. The van der Waals surface area contributed by atoms with Crippen LogP contribution in [0.4, 0.5) is 0 Å². The van der Waals surface area contributed by atoms with E-state index in [1.165, 1.54) is 18.2 Å². The number of nitrogens with zero attached hydrogens (tertiary/aromatic N) is 2. The maximum Gasteiger partial charge on any atom is 0.275 e. The molecule has 5 nitrogen and oxygen atoms in total. The number of nitrogens with one attached hydrogen (secondary N) is 1. The number of benzene rings is 2. The molecule has 1 amide bonds. The summed E-state index contributed by atoms with van der Waals surface area (Å²) in [7, 11) is 0. The van der Waals surface area contributed by atoms with Crippen molar-refractivity contribution < 1.29 is 9.90 Å². The first kappa shape index (κ1) is 16.7. The molecular formula is C19H14ClN3O2. The molecule has 0 saturated heterocycles. The first-order valence-corrected chi connectivity index (χ1v) is 7.85. The van der Waals surface area contributed by atoms with Gasteiger partial charge >= 0.3 is 0 Å². The minimum atomic E-state index is -0.553. The van der Waals surface area contributed by atoms with Gasteiger partial charge in [0.05, 0.1) is 11.3 Å². The number of rotatable bonds is 4. The Labute approximate surface area is 149 Å². The average molecular weight is 352 g/mol. The van der Waals surface area contributed by atoms with Gasteiger partial charge in [-0.25, -0.2) is 5.43 Å². The van der Waals surface area contributed by atoms with Crippen LogP contribution in [0.5, 0.6) is 5.75 Å².